The van der Waals surface area contributed by atoms with Gasteiger partial charge in [0.25, 0.3) is 0 Å². The van der Waals surface area contributed by atoms with Gasteiger partial charge in [-0.15, -0.1) is 6.58 Å². The molecule has 0 aliphatic rings. The number of hydrogen-bond acceptors (Lipinski definition) is 1. The van der Waals surface area contributed by atoms with Crippen LogP contribution in [0, 0.1) is 0 Å². The van der Waals surface area contributed by atoms with Gasteiger partial charge in [0.05, 0.1) is 0 Å². The van der Waals surface area contributed by atoms with Gasteiger partial charge in [-0.25, -0.2) is 0 Å². The van der Waals surface area contributed by atoms with Gasteiger partial charge in [0.15, 0.2) is 0 Å². The van der Waals surface area contributed by atoms with E-state index in [0.29, 0.717) is 0 Å². The lowest BCUT2D eigenvalue weighted by Gasteiger charge is -2.21. The van der Waals surface area contributed by atoms with Crippen LogP contribution in [0.1, 0.15) is 32.9 Å². The molecule has 0 saturated carbocycles. The predicted octanol–water partition coefficient (Wildman–Crippen LogP) is 4.11. The molecule has 0 fully saturated rings. The first kappa shape index (κ1) is 13.9. The molecule has 1 N–H and O–H groups in total. The molecule has 0 atom stereocenters. The van der Waals surface area contributed by atoms with Gasteiger partial charge in [-0.05, 0) is 44.7 Å². The van der Waals surface area contributed by atoms with Crippen LogP contribution < -0.4 is 5.32 Å². The molecule has 1 heterocycles. The predicted molar refractivity (Wildman–Crippen MR) is 83.3 cm³/mol. The van der Waals surface area contributed by atoms with E-state index >= 15 is 0 Å². The molecule has 0 spiro atoms. The number of rotatable bonds is 5. The van der Waals surface area contributed by atoms with Crippen LogP contribution in [0.15, 0.2) is 43.0 Å². The van der Waals surface area contributed by atoms with Crippen molar-refractivity contribution in [2.75, 3.05) is 0 Å². The minimum absolute atomic E-state index is 0.139. The zero-order valence-electron chi connectivity index (χ0n) is 12.2. The minimum atomic E-state index is 0.139. The van der Waals surface area contributed by atoms with Gasteiger partial charge in [-0.2, -0.15) is 0 Å². The molecule has 0 amide bonds. The van der Waals surface area contributed by atoms with Crippen LogP contribution in [0.2, 0.25) is 0 Å². The highest BCUT2D eigenvalue weighted by Gasteiger charge is 2.12. The van der Waals surface area contributed by atoms with Gasteiger partial charge in [0.1, 0.15) is 0 Å². The number of nitrogens with zero attached hydrogens (tertiary/aromatic N) is 1. The Labute approximate surface area is 116 Å². The molecule has 0 radical (unpaired) electrons. The first-order chi connectivity index (χ1) is 9.01. The molecule has 0 aliphatic heterocycles. The van der Waals surface area contributed by atoms with Gasteiger partial charge in [0.2, 0.25) is 0 Å². The van der Waals surface area contributed by atoms with E-state index < -0.39 is 0 Å². The van der Waals surface area contributed by atoms with Gasteiger partial charge in [0, 0.05) is 29.8 Å². The van der Waals surface area contributed by atoms with E-state index in [1.807, 2.05) is 6.08 Å². The molecule has 0 saturated heterocycles. The number of fused-ring (bicyclic) bond motifs is 1. The number of aromatic nitrogens is 1. The number of benzene rings is 1. The molecule has 1 aromatic heterocycles. The van der Waals surface area contributed by atoms with E-state index in [4.69, 9.17) is 0 Å². The lowest BCUT2D eigenvalue weighted by molar-refractivity contribution is 0.416. The summed E-state index contributed by atoms with van der Waals surface area (Å²) in [5.74, 6) is 0. The lowest BCUT2D eigenvalue weighted by Crippen LogP contribution is -2.35. The highest BCUT2D eigenvalue weighted by Crippen LogP contribution is 2.20. The minimum Gasteiger partial charge on any atom is -0.343 e. The highest BCUT2D eigenvalue weighted by molar-refractivity contribution is 5.81. The third-order valence-corrected chi connectivity index (χ3v) is 3.25. The second-order valence-corrected chi connectivity index (χ2v) is 6.03. The van der Waals surface area contributed by atoms with Crippen molar-refractivity contribution in [2.45, 2.75) is 45.8 Å². The first-order valence-corrected chi connectivity index (χ1v) is 6.94. The van der Waals surface area contributed by atoms with E-state index in [2.05, 4.69) is 67.6 Å². The fourth-order valence-corrected chi connectivity index (χ4v) is 2.25. The molecule has 102 valence electrons. The van der Waals surface area contributed by atoms with E-state index in [0.717, 1.165) is 19.5 Å². The first-order valence-electron chi connectivity index (χ1n) is 6.94. The molecule has 1 aromatic carbocycles. The molecule has 0 unspecified atom stereocenters. The fraction of sp³-hybridized carbons (Fsp3) is 0.412. The van der Waals surface area contributed by atoms with E-state index in [1.54, 1.807) is 0 Å². The van der Waals surface area contributed by atoms with Gasteiger partial charge < -0.3 is 9.88 Å². The van der Waals surface area contributed by atoms with Crippen molar-refractivity contribution < 1.29 is 0 Å². The Bertz CT molecular complexity index is 558. The zero-order valence-corrected chi connectivity index (χ0v) is 12.2. The Kier molecular flexibility index (Phi) is 4.11. The Morgan fingerprint density at radius 3 is 2.68 bits per heavy atom. The van der Waals surface area contributed by atoms with Crippen LogP contribution >= 0.6 is 0 Å². The summed E-state index contributed by atoms with van der Waals surface area (Å²) in [5.41, 5.74) is 2.80. The van der Waals surface area contributed by atoms with Gasteiger partial charge in [-0.1, -0.05) is 24.3 Å². The number of hydrogen-bond donors (Lipinski definition) is 1. The topological polar surface area (TPSA) is 17.0 Å². The van der Waals surface area contributed by atoms with Crippen molar-refractivity contribution in [3.8, 4) is 0 Å². The van der Waals surface area contributed by atoms with Crippen molar-refractivity contribution in [3.05, 3.63) is 48.7 Å². The third kappa shape index (κ3) is 3.48. The van der Waals surface area contributed by atoms with Crippen LogP contribution in [-0.4, -0.2) is 10.1 Å². The van der Waals surface area contributed by atoms with Crippen molar-refractivity contribution in [1.82, 2.24) is 9.88 Å². The van der Waals surface area contributed by atoms with Crippen molar-refractivity contribution >= 4 is 10.9 Å². The largest absolute Gasteiger partial charge is 0.343 e. The summed E-state index contributed by atoms with van der Waals surface area (Å²) in [6, 6.07) is 10.9. The maximum atomic E-state index is 3.83. The van der Waals surface area contributed by atoms with Crippen LogP contribution in [0.5, 0.6) is 0 Å². The average Bonchev–Trinajstić information content (AvgIpc) is 2.71. The Morgan fingerprint density at radius 2 is 2.00 bits per heavy atom. The maximum Gasteiger partial charge on any atom is 0.0483 e. The molecule has 0 aliphatic carbocycles. The Balaban J connectivity index is 2.32. The van der Waals surface area contributed by atoms with Crippen molar-refractivity contribution in [3.63, 3.8) is 0 Å². The number of nitrogens with one attached hydrogen (secondary N) is 1. The van der Waals surface area contributed by atoms with Crippen LogP contribution in [0.4, 0.5) is 0 Å². The summed E-state index contributed by atoms with van der Waals surface area (Å²) < 4.78 is 2.40. The SMILES string of the molecule is C=CCCn1c(CNC(C)(C)C)cc2ccccc21. The molecule has 19 heavy (non-hydrogen) atoms. The Hall–Kier alpha value is -1.54. The standard InChI is InChI=1S/C17H24N2/c1-5-6-11-19-15(13-18-17(2,3)4)12-14-9-7-8-10-16(14)19/h5,7-10,12,18H,1,6,11,13H2,2-4H3. The molecule has 2 nitrogen and oxygen atoms in total. The molecule has 0 bridgehead atoms. The van der Waals surface area contributed by atoms with E-state index in [-0.39, 0.29) is 5.54 Å². The van der Waals surface area contributed by atoms with Gasteiger partial charge in [-0.3, -0.25) is 0 Å². The Morgan fingerprint density at radius 1 is 1.26 bits per heavy atom. The van der Waals surface area contributed by atoms with Crippen LogP contribution in [0.3, 0.4) is 0 Å². The molecule has 2 heteroatoms. The van der Waals surface area contributed by atoms with E-state index in [9.17, 15) is 0 Å². The summed E-state index contributed by atoms with van der Waals surface area (Å²) in [4.78, 5) is 0. The monoisotopic (exact) mass is 256 g/mol. The number of allylic oxidation sites excluding steroid dienone is 1. The molecule has 2 aromatic rings. The normalized spacial score (nSPS) is 11.9. The van der Waals surface area contributed by atoms with Crippen LogP contribution in [-0.2, 0) is 13.1 Å². The van der Waals surface area contributed by atoms with E-state index in [1.165, 1.54) is 16.6 Å². The second kappa shape index (κ2) is 5.62. The number of aryl methyl sites for hydroxylation is 1. The van der Waals surface area contributed by atoms with Crippen molar-refractivity contribution in [2.24, 2.45) is 0 Å². The quantitative estimate of drug-likeness (QED) is 0.797. The second-order valence-electron chi connectivity index (χ2n) is 6.03. The smallest absolute Gasteiger partial charge is 0.0483 e. The molecule has 2 rings (SSSR count). The molecular formula is C17H24N2. The molecular weight excluding hydrogens is 232 g/mol. The van der Waals surface area contributed by atoms with Crippen LogP contribution in [0.25, 0.3) is 10.9 Å². The zero-order chi connectivity index (χ0) is 13.9. The summed E-state index contributed by atoms with van der Waals surface area (Å²) in [6.45, 7) is 12.3. The summed E-state index contributed by atoms with van der Waals surface area (Å²) in [7, 11) is 0. The summed E-state index contributed by atoms with van der Waals surface area (Å²) >= 11 is 0. The van der Waals surface area contributed by atoms with Crippen molar-refractivity contribution in [1.29, 1.82) is 0 Å². The third-order valence-electron chi connectivity index (χ3n) is 3.25. The number of para-hydroxylation sites is 1. The maximum absolute atomic E-state index is 3.83. The summed E-state index contributed by atoms with van der Waals surface area (Å²) in [5, 5.41) is 4.89. The highest BCUT2D eigenvalue weighted by atomic mass is 15.0. The van der Waals surface area contributed by atoms with Gasteiger partial charge >= 0.3 is 0 Å². The average molecular weight is 256 g/mol. The fourth-order valence-electron chi connectivity index (χ4n) is 2.25. The lowest BCUT2D eigenvalue weighted by atomic mass is 10.1. The summed E-state index contributed by atoms with van der Waals surface area (Å²) in [6.07, 6.45) is 2.98.